The highest BCUT2D eigenvalue weighted by atomic mass is 15.2. The molecule has 0 saturated heterocycles. The van der Waals surface area contributed by atoms with E-state index in [2.05, 4.69) is 45.6 Å². The van der Waals surface area contributed by atoms with Gasteiger partial charge in [0.25, 0.3) is 0 Å². The summed E-state index contributed by atoms with van der Waals surface area (Å²) in [6.07, 6.45) is 6.42. The van der Waals surface area contributed by atoms with Gasteiger partial charge in [0.2, 0.25) is 0 Å². The molecule has 5 nitrogen and oxygen atoms in total. The van der Waals surface area contributed by atoms with Crippen molar-refractivity contribution in [1.29, 1.82) is 0 Å². The first-order valence-electron chi connectivity index (χ1n) is 9.10. The molecule has 1 atom stereocenters. The van der Waals surface area contributed by atoms with Crippen LogP contribution in [0.3, 0.4) is 0 Å². The molecule has 0 bridgehead atoms. The third-order valence-corrected chi connectivity index (χ3v) is 5.24. The number of imidazole rings is 2. The Bertz CT molecular complexity index is 1090. The van der Waals surface area contributed by atoms with Crippen molar-refractivity contribution in [2.45, 2.75) is 25.8 Å². The molecular formula is C21H21N5. The van der Waals surface area contributed by atoms with Crippen LogP contribution in [-0.2, 0) is 7.05 Å². The van der Waals surface area contributed by atoms with Crippen molar-refractivity contribution in [2.24, 2.45) is 13.0 Å². The fourth-order valence-electron chi connectivity index (χ4n) is 3.81. The lowest BCUT2D eigenvalue weighted by Crippen LogP contribution is -2.16. The van der Waals surface area contributed by atoms with E-state index in [1.807, 2.05) is 37.4 Å². The van der Waals surface area contributed by atoms with Crippen LogP contribution in [0.5, 0.6) is 0 Å². The second kappa shape index (κ2) is 5.80. The summed E-state index contributed by atoms with van der Waals surface area (Å²) in [5.41, 5.74) is 4.29. The van der Waals surface area contributed by atoms with E-state index in [9.17, 15) is 0 Å². The number of aryl methyl sites for hydroxylation is 2. The number of fused-ring (bicyclic) bond motifs is 1. The minimum absolute atomic E-state index is 0.215. The molecule has 26 heavy (non-hydrogen) atoms. The molecule has 0 N–H and O–H groups in total. The Labute approximate surface area is 152 Å². The van der Waals surface area contributed by atoms with Gasteiger partial charge in [-0.25, -0.2) is 9.97 Å². The van der Waals surface area contributed by atoms with Gasteiger partial charge in [-0.1, -0.05) is 18.2 Å². The Morgan fingerprint density at radius 3 is 2.62 bits per heavy atom. The summed E-state index contributed by atoms with van der Waals surface area (Å²) in [7, 11) is 2.06. The minimum atomic E-state index is 0.215. The van der Waals surface area contributed by atoms with E-state index in [-0.39, 0.29) is 6.04 Å². The quantitative estimate of drug-likeness (QED) is 0.559. The van der Waals surface area contributed by atoms with Crippen molar-refractivity contribution in [3.8, 4) is 11.6 Å². The summed E-state index contributed by atoms with van der Waals surface area (Å²) in [5.74, 6) is 2.42. The van der Waals surface area contributed by atoms with Crippen LogP contribution in [0.2, 0.25) is 0 Å². The third kappa shape index (κ3) is 2.43. The monoisotopic (exact) mass is 343 g/mol. The van der Waals surface area contributed by atoms with Crippen molar-refractivity contribution >= 4 is 11.0 Å². The summed E-state index contributed by atoms with van der Waals surface area (Å²) >= 11 is 0. The minimum Gasteiger partial charge on any atom is -0.324 e. The largest absolute Gasteiger partial charge is 0.324 e. The van der Waals surface area contributed by atoms with Crippen LogP contribution in [-0.4, -0.2) is 24.1 Å². The predicted molar refractivity (Wildman–Crippen MR) is 102 cm³/mol. The first-order chi connectivity index (χ1) is 12.7. The van der Waals surface area contributed by atoms with E-state index in [1.165, 1.54) is 12.8 Å². The van der Waals surface area contributed by atoms with Crippen LogP contribution >= 0.6 is 0 Å². The average Bonchev–Trinajstić information content (AvgIpc) is 3.27. The molecule has 5 rings (SSSR count). The van der Waals surface area contributed by atoms with Crippen molar-refractivity contribution < 1.29 is 0 Å². The molecule has 3 aromatic heterocycles. The number of rotatable bonds is 4. The Balaban J connectivity index is 1.67. The third-order valence-electron chi connectivity index (χ3n) is 5.24. The Kier molecular flexibility index (Phi) is 3.42. The number of aromatic nitrogens is 5. The predicted octanol–water partition coefficient (Wildman–Crippen LogP) is 4.14. The van der Waals surface area contributed by atoms with Gasteiger partial charge in [-0.2, -0.15) is 0 Å². The molecule has 0 radical (unpaired) electrons. The number of hydrogen-bond donors (Lipinski definition) is 0. The van der Waals surface area contributed by atoms with Gasteiger partial charge in [0.15, 0.2) is 11.6 Å². The van der Waals surface area contributed by atoms with Crippen LogP contribution in [0.15, 0.2) is 54.9 Å². The Hall–Kier alpha value is -2.95. The van der Waals surface area contributed by atoms with Crippen LogP contribution in [0.4, 0.5) is 0 Å². The van der Waals surface area contributed by atoms with Gasteiger partial charge in [0.05, 0.1) is 22.8 Å². The van der Waals surface area contributed by atoms with E-state index in [0.717, 1.165) is 34.1 Å². The second-order valence-corrected chi connectivity index (χ2v) is 7.13. The number of nitrogens with zero attached hydrogens (tertiary/aromatic N) is 5. The zero-order valence-corrected chi connectivity index (χ0v) is 15.0. The standard InChI is InChI=1S/C21H21N5/c1-14-6-5-8-17(23-14)19(15-10-11-15)26-13-12-22-20(26)21-24-16-7-3-4-9-18(16)25(21)2/h3-9,12-13,15,19H,10-11H2,1-2H3. The maximum absolute atomic E-state index is 4.85. The lowest BCUT2D eigenvalue weighted by Gasteiger charge is -2.20. The summed E-state index contributed by atoms with van der Waals surface area (Å²) in [6, 6.07) is 14.7. The van der Waals surface area contributed by atoms with E-state index < -0.39 is 0 Å². The molecule has 1 unspecified atom stereocenters. The molecule has 5 heteroatoms. The maximum Gasteiger partial charge on any atom is 0.177 e. The van der Waals surface area contributed by atoms with E-state index in [4.69, 9.17) is 9.97 Å². The van der Waals surface area contributed by atoms with Crippen molar-refractivity contribution in [3.05, 3.63) is 66.2 Å². The van der Waals surface area contributed by atoms with Crippen LogP contribution in [0.1, 0.15) is 30.3 Å². The van der Waals surface area contributed by atoms with E-state index >= 15 is 0 Å². The normalized spacial score (nSPS) is 15.5. The molecule has 0 spiro atoms. The average molecular weight is 343 g/mol. The fraction of sp³-hybridized carbons (Fsp3) is 0.286. The highest BCUT2D eigenvalue weighted by Crippen LogP contribution is 2.44. The van der Waals surface area contributed by atoms with Gasteiger partial charge in [0, 0.05) is 25.1 Å². The zero-order chi connectivity index (χ0) is 17.7. The van der Waals surface area contributed by atoms with Crippen molar-refractivity contribution in [3.63, 3.8) is 0 Å². The molecule has 1 aliphatic carbocycles. The molecule has 4 aromatic rings. The fourth-order valence-corrected chi connectivity index (χ4v) is 3.81. The number of benzene rings is 1. The zero-order valence-electron chi connectivity index (χ0n) is 15.0. The van der Waals surface area contributed by atoms with Gasteiger partial charge in [-0.15, -0.1) is 0 Å². The Morgan fingerprint density at radius 1 is 1.00 bits per heavy atom. The molecule has 1 saturated carbocycles. The SMILES string of the molecule is Cc1cccc(C(C2CC2)n2ccnc2-c2nc3ccccc3n2C)n1. The molecule has 1 fully saturated rings. The van der Waals surface area contributed by atoms with Crippen LogP contribution in [0.25, 0.3) is 22.7 Å². The van der Waals surface area contributed by atoms with Gasteiger partial charge in [-0.05, 0) is 49.9 Å². The van der Waals surface area contributed by atoms with Crippen molar-refractivity contribution in [1.82, 2.24) is 24.1 Å². The van der Waals surface area contributed by atoms with E-state index in [0.29, 0.717) is 5.92 Å². The smallest absolute Gasteiger partial charge is 0.177 e. The molecule has 3 heterocycles. The van der Waals surface area contributed by atoms with Crippen LogP contribution in [0, 0.1) is 12.8 Å². The lowest BCUT2D eigenvalue weighted by atomic mass is 10.1. The topological polar surface area (TPSA) is 48.5 Å². The Morgan fingerprint density at radius 2 is 1.85 bits per heavy atom. The molecular weight excluding hydrogens is 322 g/mol. The van der Waals surface area contributed by atoms with Crippen molar-refractivity contribution in [2.75, 3.05) is 0 Å². The summed E-state index contributed by atoms with van der Waals surface area (Å²) in [6.45, 7) is 2.05. The lowest BCUT2D eigenvalue weighted by molar-refractivity contribution is 0.508. The van der Waals surface area contributed by atoms with Gasteiger partial charge in [-0.3, -0.25) is 4.98 Å². The van der Waals surface area contributed by atoms with E-state index in [1.54, 1.807) is 0 Å². The summed E-state index contributed by atoms with van der Waals surface area (Å²) in [5, 5.41) is 0. The molecule has 1 aliphatic rings. The van der Waals surface area contributed by atoms with Gasteiger partial charge in [0.1, 0.15) is 0 Å². The molecule has 0 aliphatic heterocycles. The second-order valence-electron chi connectivity index (χ2n) is 7.13. The number of pyridine rings is 1. The molecule has 0 amide bonds. The maximum atomic E-state index is 4.85. The first kappa shape index (κ1) is 15.3. The van der Waals surface area contributed by atoms with Crippen LogP contribution < -0.4 is 0 Å². The number of hydrogen-bond acceptors (Lipinski definition) is 3. The highest BCUT2D eigenvalue weighted by molar-refractivity contribution is 5.79. The number of para-hydroxylation sites is 2. The highest BCUT2D eigenvalue weighted by Gasteiger charge is 2.36. The van der Waals surface area contributed by atoms with Gasteiger partial charge < -0.3 is 9.13 Å². The molecule has 130 valence electrons. The summed E-state index contributed by atoms with van der Waals surface area (Å²) in [4.78, 5) is 14.3. The van der Waals surface area contributed by atoms with Gasteiger partial charge >= 0.3 is 0 Å². The molecule has 1 aromatic carbocycles. The first-order valence-corrected chi connectivity index (χ1v) is 9.10. The summed E-state index contributed by atoms with van der Waals surface area (Å²) < 4.78 is 4.39.